The Balaban J connectivity index is 2.82. The molecule has 0 fully saturated rings. The van der Waals surface area contributed by atoms with Crippen molar-refractivity contribution in [2.45, 2.75) is 19.4 Å². The first kappa shape index (κ1) is 19.7. The molecule has 1 aromatic carbocycles. The summed E-state index contributed by atoms with van der Waals surface area (Å²) in [6, 6.07) is 3.74. The van der Waals surface area contributed by atoms with Gasteiger partial charge in [-0.05, 0) is 18.9 Å². The molecule has 0 bridgehead atoms. The number of guanidine groups is 1. The van der Waals surface area contributed by atoms with Gasteiger partial charge in [0.25, 0.3) is 0 Å². The summed E-state index contributed by atoms with van der Waals surface area (Å²) in [5.74, 6) is 2.88. The smallest absolute Gasteiger partial charge is 0.193 e. The Bertz CT molecular complexity index is 559. The van der Waals surface area contributed by atoms with Crippen molar-refractivity contribution in [3.8, 4) is 17.2 Å². The number of aliphatic imine (C=N–C) groups is 1. The third-order valence-corrected chi connectivity index (χ3v) is 3.70. The van der Waals surface area contributed by atoms with Gasteiger partial charge in [0.1, 0.15) is 5.75 Å². The largest absolute Gasteiger partial charge is 0.496 e. The van der Waals surface area contributed by atoms with Gasteiger partial charge in [-0.2, -0.15) is 0 Å². The molecule has 0 amide bonds. The zero-order valence-electron chi connectivity index (χ0n) is 15.4. The minimum Gasteiger partial charge on any atom is -0.496 e. The first-order chi connectivity index (χ1) is 11.6. The van der Waals surface area contributed by atoms with E-state index in [-0.39, 0.29) is 0 Å². The number of nitrogens with zero attached hydrogens (tertiary/aromatic N) is 2. The molecular formula is C18H29N3O3. The maximum Gasteiger partial charge on any atom is 0.193 e. The van der Waals surface area contributed by atoms with Crippen LogP contribution in [0.3, 0.4) is 0 Å². The van der Waals surface area contributed by atoms with Crippen molar-refractivity contribution in [3.05, 3.63) is 30.4 Å². The summed E-state index contributed by atoms with van der Waals surface area (Å²) < 4.78 is 16.1. The van der Waals surface area contributed by atoms with E-state index in [1.165, 1.54) is 0 Å². The molecule has 0 radical (unpaired) electrons. The van der Waals surface area contributed by atoms with Gasteiger partial charge in [-0.1, -0.05) is 6.08 Å². The molecule has 0 aromatic heterocycles. The highest BCUT2D eigenvalue weighted by molar-refractivity contribution is 5.79. The lowest BCUT2D eigenvalue weighted by atomic mass is 10.1. The van der Waals surface area contributed by atoms with Crippen molar-refractivity contribution in [1.82, 2.24) is 10.2 Å². The standard InChI is InChI=1S/C18H29N3O3/c1-7-8-9-10-21(3)18(19-2)20-13-14-11-16(23-5)17(24-6)12-15(14)22-4/h7,11-12H,1,8-10,13H2,2-6H3,(H,19,20). The van der Waals surface area contributed by atoms with Gasteiger partial charge in [-0.3, -0.25) is 4.99 Å². The predicted molar refractivity (Wildman–Crippen MR) is 98.4 cm³/mol. The van der Waals surface area contributed by atoms with E-state index in [0.717, 1.165) is 36.7 Å². The fourth-order valence-electron chi connectivity index (χ4n) is 2.37. The molecule has 1 N–H and O–H groups in total. The molecule has 24 heavy (non-hydrogen) atoms. The Morgan fingerprint density at radius 3 is 2.33 bits per heavy atom. The normalized spacial score (nSPS) is 11.0. The van der Waals surface area contributed by atoms with Crippen LogP contribution in [-0.4, -0.2) is 52.8 Å². The molecular weight excluding hydrogens is 306 g/mol. The zero-order chi connectivity index (χ0) is 17.9. The predicted octanol–water partition coefficient (Wildman–Crippen LogP) is 2.69. The van der Waals surface area contributed by atoms with E-state index in [1.807, 2.05) is 25.3 Å². The second kappa shape index (κ2) is 10.4. The molecule has 0 saturated carbocycles. The SMILES string of the molecule is C=CCCCN(C)C(=NC)NCc1cc(OC)c(OC)cc1OC. The zero-order valence-corrected chi connectivity index (χ0v) is 15.4. The molecule has 0 unspecified atom stereocenters. The third kappa shape index (κ3) is 5.37. The van der Waals surface area contributed by atoms with Crippen molar-refractivity contribution < 1.29 is 14.2 Å². The number of unbranched alkanes of at least 4 members (excludes halogenated alkanes) is 1. The fourth-order valence-corrected chi connectivity index (χ4v) is 2.37. The van der Waals surface area contributed by atoms with Crippen LogP contribution in [0.4, 0.5) is 0 Å². The van der Waals surface area contributed by atoms with Crippen molar-refractivity contribution in [2.75, 3.05) is 42.0 Å². The van der Waals surface area contributed by atoms with Gasteiger partial charge < -0.3 is 24.4 Å². The van der Waals surface area contributed by atoms with Crippen molar-refractivity contribution in [1.29, 1.82) is 0 Å². The van der Waals surface area contributed by atoms with E-state index in [9.17, 15) is 0 Å². The van der Waals surface area contributed by atoms with Crippen LogP contribution in [-0.2, 0) is 6.54 Å². The Kier molecular flexibility index (Phi) is 8.54. The van der Waals surface area contributed by atoms with E-state index in [0.29, 0.717) is 18.0 Å². The van der Waals surface area contributed by atoms with Crippen LogP contribution in [0.5, 0.6) is 17.2 Å². The number of hydrogen-bond acceptors (Lipinski definition) is 4. The summed E-state index contributed by atoms with van der Waals surface area (Å²) >= 11 is 0. The van der Waals surface area contributed by atoms with Crippen LogP contribution in [0.2, 0.25) is 0 Å². The van der Waals surface area contributed by atoms with Gasteiger partial charge in [-0.25, -0.2) is 0 Å². The quantitative estimate of drug-likeness (QED) is 0.325. The highest BCUT2D eigenvalue weighted by atomic mass is 16.5. The van der Waals surface area contributed by atoms with E-state index < -0.39 is 0 Å². The van der Waals surface area contributed by atoms with Gasteiger partial charge in [0, 0.05) is 38.8 Å². The first-order valence-corrected chi connectivity index (χ1v) is 7.92. The lowest BCUT2D eigenvalue weighted by molar-refractivity contribution is 0.347. The first-order valence-electron chi connectivity index (χ1n) is 7.92. The highest BCUT2D eigenvalue weighted by Crippen LogP contribution is 2.34. The summed E-state index contributed by atoms with van der Waals surface area (Å²) in [7, 11) is 8.66. The minimum atomic E-state index is 0.571. The molecule has 134 valence electrons. The van der Waals surface area contributed by atoms with Crippen LogP contribution in [0.15, 0.2) is 29.8 Å². The molecule has 0 aliphatic rings. The van der Waals surface area contributed by atoms with Crippen LogP contribution in [0.25, 0.3) is 0 Å². The summed E-state index contributed by atoms with van der Waals surface area (Å²) in [5.41, 5.74) is 0.968. The molecule has 1 rings (SSSR count). The molecule has 0 saturated heterocycles. The lowest BCUT2D eigenvalue weighted by Gasteiger charge is -2.22. The third-order valence-electron chi connectivity index (χ3n) is 3.70. The van der Waals surface area contributed by atoms with E-state index >= 15 is 0 Å². The monoisotopic (exact) mass is 335 g/mol. The van der Waals surface area contributed by atoms with Gasteiger partial charge in [0.2, 0.25) is 0 Å². The number of allylic oxidation sites excluding steroid dienone is 1. The van der Waals surface area contributed by atoms with E-state index in [1.54, 1.807) is 28.4 Å². The second-order valence-electron chi connectivity index (χ2n) is 5.27. The number of rotatable bonds is 9. The average Bonchev–Trinajstić information content (AvgIpc) is 2.61. The molecule has 0 atom stereocenters. The maximum atomic E-state index is 5.45. The van der Waals surface area contributed by atoms with Crippen molar-refractivity contribution in [2.24, 2.45) is 4.99 Å². The molecule has 6 heteroatoms. The van der Waals surface area contributed by atoms with Crippen LogP contribution < -0.4 is 19.5 Å². The minimum absolute atomic E-state index is 0.571. The number of benzene rings is 1. The van der Waals surface area contributed by atoms with E-state index in [4.69, 9.17) is 14.2 Å². The Labute approximate surface area is 145 Å². The molecule has 0 aliphatic carbocycles. The second-order valence-corrected chi connectivity index (χ2v) is 5.27. The van der Waals surface area contributed by atoms with Gasteiger partial charge in [0.05, 0.1) is 21.3 Å². The fraction of sp³-hybridized carbons (Fsp3) is 0.500. The molecule has 0 heterocycles. The van der Waals surface area contributed by atoms with Crippen LogP contribution >= 0.6 is 0 Å². The summed E-state index contributed by atoms with van der Waals surface area (Å²) in [5, 5.41) is 3.35. The molecule has 0 spiro atoms. The van der Waals surface area contributed by atoms with Gasteiger partial charge in [-0.15, -0.1) is 6.58 Å². The molecule has 6 nitrogen and oxygen atoms in total. The maximum absolute atomic E-state index is 5.45. The lowest BCUT2D eigenvalue weighted by Crippen LogP contribution is -2.39. The number of hydrogen-bond donors (Lipinski definition) is 1. The topological polar surface area (TPSA) is 55.3 Å². The number of methoxy groups -OCH3 is 3. The Morgan fingerprint density at radius 2 is 1.79 bits per heavy atom. The van der Waals surface area contributed by atoms with Crippen LogP contribution in [0.1, 0.15) is 18.4 Å². The Hall–Kier alpha value is -2.37. The van der Waals surface area contributed by atoms with Crippen molar-refractivity contribution in [3.63, 3.8) is 0 Å². The molecule has 1 aromatic rings. The van der Waals surface area contributed by atoms with E-state index in [2.05, 4.69) is 21.8 Å². The van der Waals surface area contributed by atoms with Gasteiger partial charge >= 0.3 is 0 Å². The van der Waals surface area contributed by atoms with Gasteiger partial charge in [0.15, 0.2) is 17.5 Å². The summed E-state index contributed by atoms with van der Waals surface area (Å²) in [4.78, 5) is 6.42. The summed E-state index contributed by atoms with van der Waals surface area (Å²) in [6.07, 6.45) is 3.96. The number of nitrogens with one attached hydrogen (secondary N) is 1. The molecule has 0 aliphatic heterocycles. The van der Waals surface area contributed by atoms with Crippen LogP contribution in [0, 0.1) is 0 Å². The number of ether oxygens (including phenoxy) is 3. The van der Waals surface area contributed by atoms with Crippen molar-refractivity contribution >= 4 is 5.96 Å². The Morgan fingerprint density at radius 1 is 1.17 bits per heavy atom. The summed E-state index contributed by atoms with van der Waals surface area (Å²) in [6.45, 7) is 5.23. The average molecular weight is 335 g/mol. The highest BCUT2D eigenvalue weighted by Gasteiger charge is 2.13.